The van der Waals surface area contributed by atoms with Crippen LogP contribution in [0.4, 0.5) is 0 Å². The van der Waals surface area contributed by atoms with Crippen molar-refractivity contribution in [3.63, 3.8) is 0 Å². The highest BCUT2D eigenvalue weighted by molar-refractivity contribution is 7.07. The molecule has 0 aliphatic rings. The maximum absolute atomic E-state index is 5.54. The van der Waals surface area contributed by atoms with E-state index in [2.05, 4.69) is 29.6 Å². The molecule has 0 aliphatic heterocycles. The van der Waals surface area contributed by atoms with E-state index in [-0.39, 0.29) is 6.04 Å². The van der Waals surface area contributed by atoms with Gasteiger partial charge in [-0.25, -0.2) is 4.98 Å². The molecule has 1 unspecified atom stereocenters. The molecule has 0 aliphatic carbocycles. The number of hydrogen-bond donors (Lipinski definition) is 2. The second-order valence-corrected chi connectivity index (χ2v) is 4.27. The maximum atomic E-state index is 5.54. The van der Waals surface area contributed by atoms with Crippen molar-refractivity contribution in [1.82, 2.24) is 10.4 Å². The van der Waals surface area contributed by atoms with Crippen LogP contribution in [0.2, 0.25) is 0 Å². The van der Waals surface area contributed by atoms with Gasteiger partial charge in [0.25, 0.3) is 0 Å². The largest absolute Gasteiger partial charge is 0.271 e. The topological polar surface area (TPSA) is 50.9 Å². The molecule has 0 amide bonds. The molecule has 4 heteroatoms. The van der Waals surface area contributed by atoms with Crippen LogP contribution in [0.15, 0.2) is 10.9 Å². The molecule has 3 nitrogen and oxygen atoms in total. The van der Waals surface area contributed by atoms with Crippen LogP contribution in [-0.4, -0.2) is 4.98 Å². The molecule has 0 saturated heterocycles. The van der Waals surface area contributed by atoms with E-state index in [1.54, 1.807) is 11.3 Å². The van der Waals surface area contributed by atoms with Crippen molar-refractivity contribution in [2.24, 2.45) is 11.8 Å². The predicted molar refractivity (Wildman–Crippen MR) is 60.9 cm³/mol. The lowest BCUT2D eigenvalue weighted by Crippen LogP contribution is -2.29. The Hall–Kier alpha value is -0.450. The third-order valence-corrected chi connectivity index (χ3v) is 3.34. The van der Waals surface area contributed by atoms with Crippen molar-refractivity contribution >= 4 is 11.3 Å². The second-order valence-electron chi connectivity index (χ2n) is 3.55. The Bertz CT molecular complexity index is 232. The molecule has 1 aromatic rings. The van der Waals surface area contributed by atoms with E-state index < -0.39 is 0 Å². The van der Waals surface area contributed by atoms with Gasteiger partial charge in [0, 0.05) is 5.38 Å². The van der Waals surface area contributed by atoms with Crippen LogP contribution in [0.1, 0.15) is 44.8 Å². The summed E-state index contributed by atoms with van der Waals surface area (Å²) in [5, 5.41) is 2.06. The fourth-order valence-corrected chi connectivity index (χ4v) is 2.23. The standard InChI is InChI=1S/C10H19N3S/c1-3-8(4-2)5-9(13-11)10-6-14-7-12-10/h6-9,13H,3-5,11H2,1-2H3. The Morgan fingerprint density at radius 1 is 1.50 bits per heavy atom. The average Bonchev–Trinajstić information content (AvgIpc) is 2.73. The zero-order chi connectivity index (χ0) is 10.4. The lowest BCUT2D eigenvalue weighted by molar-refractivity contribution is 0.371. The first kappa shape index (κ1) is 11.6. The van der Waals surface area contributed by atoms with Crippen LogP contribution in [0.3, 0.4) is 0 Å². The number of thiazole rings is 1. The fourth-order valence-electron chi connectivity index (χ4n) is 1.62. The minimum absolute atomic E-state index is 0.214. The van der Waals surface area contributed by atoms with Crippen molar-refractivity contribution in [2.45, 2.75) is 39.2 Å². The quantitative estimate of drug-likeness (QED) is 0.564. The highest BCUT2D eigenvalue weighted by Crippen LogP contribution is 2.24. The molecular formula is C10H19N3S. The lowest BCUT2D eigenvalue weighted by atomic mass is 9.94. The van der Waals surface area contributed by atoms with Gasteiger partial charge in [-0.3, -0.25) is 11.3 Å². The summed E-state index contributed by atoms with van der Waals surface area (Å²) in [6.45, 7) is 4.45. The van der Waals surface area contributed by atoms with E-state index >= 15 is 0 Å². The summed E-state index contributed by atoms with van der Waals surface area (Å²) in [6.07, 6.45) is 3.49. The summed E-state index contributed by atoms with van der Waals surface area (Å²) in [7, 11) is 0. The van der Waals surface area contributed by atoms with Crippen LogP contribution in [0.25, 0.3) is 0 Å². The summed E-state index contributed by atoms with van der Waals surface area (Å²) in [5.74, 6) is 6.27. The van der Waals surface area contributed by atoms with Gasteiger partial charge >= 0.3 is 0 Å². The molecule has 3 N–H and O–H groups in total. The molecule has 0 radical (unpaired) electrons. The molecule has 1 rings (SSSR count). The van der Waals surface area contributed by atoms with Gasteiger partial charge in [0.05, 0.1) is 17.2 Å². The van der Waals surface area contributed by atoms with Crippen LogP contribution in [-0.2, 0) is 0 Å². The SMILES string of the molecule is CCC(CC)CC(NN)c1cscn1. The zero-order valence-electron chi connectivity index (χ0n) is 8.86. The number of nitrogens with two attached hydrogens (primary N) is 1. The molecule has 0 saturated carbocycles. The summed E-state index contributed by atoms with van der Waals surface area (Å²) in [4.78, 5) is 4.29. The number of hydrogen-bond acceptors (Lipinski definition) is 4. The number of nitrogens with one attached hydrogen (secondary N) is 1. The Kier molecular flexibility index (Phi) is 5.07. The zero-order valence-corrected chi connectivity index (χ0v) is 9.68. The number of rotatable bonds is 6. The van der Waals surface area contributed by atoms with Gasteiger partial charge in [0.1, 0.15) is 0 Å². The van der Waals surface area contributed by atoms with Crippen LogP contribution >= 0.6 is 11.3 Å². The van der Waals surface area contributed by atoms with E-state index in [1.165, 1.54) is 12.8 Å². The van der Waals surface area contributed by atoms with Crippen molar-refractivity contribution in [1.29, 1.82) is 0 Å². The summed E-state index contributed by atoms with van der Waals surface area (Å²) in [5.41, 5.74) is 5.77. The monoisotopic (exact) mass is 213 g/mol. The van der Waals surface area contributed by atoms with Gasteiger partial charge in [-0.05, 0) is 12.3 Å². The lowest BCUT2D eigenvalue weighted by Gasteiger charge is -2.19. The van der Waals surface area contributed by atoms with Crippen molar-refractivity contribution in [3.8, 4) is 0 Å². The Morgan fingerprint density at radius 2 is 2.21 bits per heavy atom. The average molecular weight is 213 g/mol. The fraction of sp³-hybridized carbons (Fsp3) is 0.700. The molecule has 80 valence electrons. The van der Waals surface area contributed by atoms with Gasteiger partial charge < -0.3 is 0 Å². The Morgan fingerprint density at radius 3 is 2.64 bits per heavy atom. The normalized spacial score (nSPS) is 13.4. The minimum atomic E-state index is 0.214. The van der Waals surface area contributed by atoms with Crippen molar-refractivity contribution in [2.75, 3.05) is 0 Å². The first-order valence-electron chi connectivity index (χ1n) is 5.16. The molecule has 0 spiro atoms. The molecule has 1 heterocycles. The summed E-state index contributed by atoms with van der Waals surface area (Å²) < 4.78 is 0. The molecule has 0 aromatic carbocycles. The number of nitrogens with zero attached hydrogens (tertiary/aromatic N) is 1. The van der Waals surface area contributed by atoms with Crippen LogP contribution in [0.5, 0.6) is 0 Å². The Balaban J connectivity index is 2.55. The van der Waals surface area contributed by atoms with Gasteiger partial charge in [-0.1, -0.05) is 26.7 Å². The van der Waals surface area contributed by atoms with E-state index in [0.29, 0.717) is 0 Å². The van der Waals surface area contributed by atoms with E-state index in [4.69, 9.17) is 5.84 Å². The van der Waals surface area contributed by atoms with E-state index in [0.717, 1.165) is 18.0 Å². The second kappa shape index (κ2) is 6.11. The summed E-state index contributed by atoms with van der Waals surface area (Å²) >= 11 is 1.62. The molecule has 14 heavy (non-hydrogen) atoms. The van der Waals surface area contributed by atoms with E-state index in [1.807, 2.05) is 5.51 Å². The highest BCUT2D eigenvalue weighted by Gasteiger charge is 2.15. The molecule has 0 bridgehead atoms. The van der Waals surface area contributed by atoms with Gasteiger partial charge in [0.2, 0.25) is 0 Å². The first-order valence-corrected chi connectivity index (χ1v) is 6.10. The van der Waals surface area contributed by atoms with Crippen molar-refractivity contribution in [3.05, 3.63) is 16.6 Å². The molecule has 0 fully saturated rings. The maximum Gasteiger partial charge on any atom is 0.0795 e. The third-order valence-electron chi connectivity index (χ3n) is 2.73. The van der Waals surface area contributed by atoms with Crippen LogP contribution in [0, 0.1) is 5.92 Å². The summed E-state index contributed by atoms with van der Waals surface area (Å²) in [6, 6.07) is 0.214. The van der Waals surface area contributed by atoms with Gasteiger partial charge in [-0.15, -0.1) is 11.3 Å². The predicted octanol–water partition coefficient (Wildman–Crippen LogP) is 2.47. The molecule has 1 aromatic heterocycles. The Labute approximate surface area is 89.7 Å². The number of hydrazine groups is 1. The van der Waals surface area contributed by atoms with E-state index in [9.17, 15) is 0 Å². The smallest absolute Gasteiger partial charge is 0.0795 e. The van der Waals surface area contributed by atoms with Crippen molar-refractivity contribution < 1.29 is 0 Å². The third kappa shape index (κ3) is 3.04. The molecule has 1 atom stereocenters. The molecular weight excluding hydrogens is 194 g/mol. The first-order chi connectivity index (χ1) is 6.81. The highest BCUT2D eigenvalue weighted by atomic mass is 32.1. The number of aromatic nitrogens is 1. The van der Waals surface area contributed by atoms with Crippen LogP contribution < -0.4 is 11.3 Å². The van der Waals surface area contributed by atoms with Gasteiger partial charge in [-0.2, -0.15) is 0 Å². The van der Waals surface area contributed by atoms with Gasteiger partial charge in [0.15, 0.2) is 0 Å². The minimum Gasteiger partial charge on any atom is -0.271 e.